The summed E-state index contributed by atoms with van der Waals surface area (Å²) in [6.45, 7) is 5.65. The van der Waals surface area contributed by atoms with Crippen LogP contribution in [0.5, 0.6) is 0 Å². The lowest BCUT2D eigenvalue weighted by Crippen LogP contribution is -2.32. The number of benzene rings is 2. The third-order valence-corrected chi connectivity index (χ3v) is 6.99. The minimum absolute atomic E-state index is 0.0222. The van der Waals surface area contributed by atoms with Crippen molar-refractivity contribution in [3.05, 3.63) is 134 Å². The number of hydrogen-bond donors (Lipinski definition) is 1. The smallest absolute Gasteiger partial charge is 0.336 e. The second-order valence-electron chi connectivity index (χ2n) is 10.1. The summed E-state index contributed by atoms with van der Waals surface area (Å²) in [4.78, 5) is 41.4. The molecule has 1 aliphatic rings. The summed E-state index contributed by atoms with van der Waals surface area (Å²) in [6, 6.07) is 18.1. The number of nitrogens with one attached hydrogen (secondary N) is 1. The van der Waals surface area contributed by atoms with E-state index in [1.165, 1.54) is 23.8 Å². The van der Waals surface area contributed by atoms with Gasteiger partial charge >= 0.3 is 11.9 Å². The first-order valence-electron chi connectivity index (χ1n) is 14.3. The summed E-state index contributed by atoms with van der Waals surface area (Å²) in [5.74, 6) is -2.20. The molecule has 0 saturated heterocycles. The van der Waals surface area contributed by atoms with Gasteiger partial charge in [-0.3, -0.25) is 15.1 Å². The Labute approximate surface area is 256 Å². The second kappa shape index (κ2) is 15.4. The highest BCUT2D eigenvalue weighted by Crippen LogP contribution is 2.40. The van der Waals surface area contributed by atoms with Gasteiger partial charge in [-0.2, -0.15) is 0 Å². The zero-order valence-electron chi connectivity index (χ0n) is 24.9. The SMILES string of the molecule is CCOC(=O)C1=C(C)NC(C)=C(C(=O)OCCOCC=Cc2ccc(Cc3cccnc3)cc2)C1c1cccc([N+](=O)[O-])c1. The molecule has 10 nitrogen and oxygen atoms in total. The summed E-state index contributed by atoms with van der Waals surface area (Å²) >= 11 is 0. The number of nitrogens with zero attached hydrogens (tertiary/aromatic N) is 2. The van der Waals surface area contributed by atoms with E-state index in [2.05, 4.69) is 22.4 Å². The highest BCUT2D eigenvalue weighted by Gasteiger charge is 2.38. The minimum atomic E-state index is -0.915. The molecule has 228 valence electrons. The summed E-state index contributed by atoms with van der Waals surface area (Å²) in [5.41, 5.74) is 4.97. The number of carbonyl (C=O) groups is 2. The zero-order chi connectivity index (χ0) is 31.5. The van der Waals surface area contributed by atoms with E-state index in [0.29, 0.717) is 23.6 Å². The largest absolute Gasteiger partial charge is 0.463 e. The van der Waals surface area contributed by atoms with Gasteiger partial charge in [0.2, 0.25) is 0 Å². The summed E-state index contributed by atoms with van der Waals surface area (Å²) < 4.78 is 16.4. The van der Waals surface area contributed by atoms with E-state index in [1.807, 2.05) is 42.6 Å². The van der Waals surface area contributed by atoms with E-state index in [4.69, 9.17) is 14.2 Å². The van der Waals surface area contributed by atoms with Gasteiger partial charge in [-0.25, -0.2) is 9.59 Å². The number of aromatic nitrogens is 1. The van der Waals surface area contributed by atoms with Gasteiger partial charge in [-0.1, -0.05) is 54.6 Å². The van der Waals surface area contributed by atoms with E-state index >= 15 is 0 Å². The summed E-state index contributed by atoms with van der Waals surface area (Å²) in [7, 11) is 0. The number of ether oxygens (including phenoxy) is 3. The fourth-order valence-electron chi connectivity index (χ4n) is 4.99. The van der Waals surface area contributed by atoms with Crippen LogP contribution in [0.4, 0.5) is 5.69 Å². The molecule has 0 spiro atoms. The second-order valence-corrected chi connectivity index (χ2v) is 10.1. The van der Waals surface area contributed by atoms with Gasteiger partial charge in [-0.05, 0) is 55.5 Å². The maximum atomic E-state index is 13.4. The lowest BCUT2D eigenvalue weighted by atomic mass is 9.80. The number of nitro benzene ring substituents is 1. The van der Waals surface area contributed by atoms with Crippen LogP contribution in [-0.2, 0) is 30.2 Å². The number of dihydropyridines is 1. The van der Waals surface area contributed by atoms with Crippen LogP contribution in [0.1, 0.15) is 48.9 Å². The molecule has 1 aliphatic heterocycles. The fraction of sp³-hybridized carbons (Fsp3) is 0.265. The van der Waals surface area contributed by atoms with Crippen molar-refractivity contribution < 1.29 is 28.7 Å². The Balaban J connectivity index is 1.35. The quantitative estimate of drug-likeness (QED) is 0.115. The molecule has 0 bridgehead atoms. The van der Waals surface area contributed by atoms with Crippen LogP contribution in [0.15, 0.2) is 102 Å². The average Bonchev–Trinajstić information content (AvgIpc) is 3.01. The van der Waals surface area contributed by atoms with Gasteiger partial charge in [0.15, 0.2) is 0 Å². The van der Waals surface area contributed by atoms with Crippen molar-refractivity contribution in [3.63, 3.8) is 0 Å². The van der Waals surface area contributed by atoms with Crippen LogP contribution in [-0.4, -0.2) is 48.3 Å². The van der Waals surface area contributed by atoms with Crippen LogP contribution in [0.25, 0.3) is 6.08 Å². The molecule has 0 saturated carbocycles. The van der Waals surface area contributed by atoms with Crippen molar-refractivity contribution in [2.75, 3.05) is 26.4 Å². The van der Waals surface area contributed by atoms with Crippen LogP contribution < -0.4 is 5.32 Å². The Hall–Kier alpha value is -5.09. The van der Waals surface area contributed by atoms with E-state index < -0.39 is 22.8 Å². The van der Waals surface area contributed by atoms with Crippen LogP contribution in [0.3, 0.4) is 0 Å². The van der Waals surface area contributed by atoms with Gasteiger partial charge in [0.05, 0.1) is 41.8 Å². The molecule has 4 rings (SSSR count). The third-order valence-electron chi connectivity index (χ3n) is 6.99. The maximum absolute atomic E-state index is 13.4. The van der Waals surface area contributed by atoms with Crippen LogP contribution in [0.2, 0.25) is 0 Å². The molecule has 1 aromatic heterocycles. The van der Waals surface area contributed by atoms with Gasteiger partial charge < -0.3 is 19.5 Å². The molecule has 0 amide bonds. The number of allylic oxidation sites excluding steroid dienone is 2. The molecule has 0 fully saturated rings. The molecule has 10 heteroatoms. The first-order chi connectivity index (χ1) is 21.3. The first-order valence-corrected chi connectivity index (χ1v) is 14.3. The third kappa shape index (κ3) is 8.26. The predicted molar refractivity (Wildman–Crippen MR) is 165 cm³/mol. The average molecular weight is 598 g/mol. The maximum Gasteiger partial charge on any atom is 0.336 e. The monoisotopic (exact) mass is 597 g/mol. The van der Waals surface area contributed by atoms with Crippen LogP contribution >= 0.6 is 0 Å². The minimum Gasteiger partial charge on any atom is -0.463 e. The van der Waals surface area contributed by atoms with Crippen molar-refractivity contribution in [2.45, 2.75) is 33.1 Å². The molecule has 44 heavy (non-hydrogen) atoms. The Morgan fingerprint density at radius 2 is 1.68 bits per heavy atom. The lowest BCUT2D eigenvalue weighted by Gasteiger charge is -2.30. The van der Waals surface area contributed by atoms with E-state index in [0.717, 1.165) is 17.5 Å². The molecular formula is C34H35N3O7. The number of pyridine rings is 1. The number of non-ortho nitro benzene ring substituents is 1. The molecule has 1 atom stereocenters. The molecule has 2 heterocycles. The predicted octanol–water partition coefficient (Wildman–Crippen LogP) is 5.65. The molecule has 1 unspecified atom stereocenters. The number of nitro groups is 1. The molecule has 0 radical (unpaired) electrons. The van der Waals surface area contributed by atoms with Crippen molar-refractivity contribution in [1.82, 2.24) is 10.3 Å². The number of carbonyl (C=O) groups excluding carboxylic acids is 2. The Morgan fingerprint density at radius 1 is 0.955 bits per heavy atom. The standard InChI is InChI=1S/C34H35N3O7/c1-4-43-33(38)30-23(2)36-24(3)31(32(30)28-10-5-11-29(21-28)37(40)41)34(39)44-19-18-42-17-7-9-25-12-14-26(15-13-25)20-27-8-6-16-35-22-27/h5-16,21-22,32,36H,4,17-20H2,1-3H3. The summed E-state index contributed by atoms with van der Waals surface area (Å²) in [5, 5.41) is 14.5. The van der Waals surface area contributed by atoms with Gasteiger partial charge in [-0.15, -0.1) is 0 Å². The molecular weight excluding hydrogens is 562 g/mol. The lowest BCUT2D eigenvalue weighted by molar-refractivity contribution is -0.384. The normalized spacial score (nSPS) is 14.8. The molecule has 0 aliphatic carbocycles. The van der Waals surface area contributed by atoms with Crippen molar-refractivity contribution in [3.8, 4) is 0 Å². The van der Waals surface area contributed by atoms with Gasteiger partial charge in [0.25, 0.3) is 5.69 Å². The molecule has 3 aromatic rings. The Kier molecular flexibility index (Phi) is 11.1. The number of rotatable bonds is 13. The zero-order valence-corrected chi connectivity index (χ0v) is 24.9. The molecule has 1 N–H and O–H groups in total. The number of esters is 2. The topological polar surface area (TPSA) is 130 Å². The van der Waals surface area contributed by atoms with Gasteiger partial charge in [0, 0.05) is 35.9 Å². The fourth-order valence-corrected chi connectivity index (χ4v) is 4.99. The van der Waals surface area contributed by atoms with Gasteiger partial charge in [0.1, 0.15) is 6.61 Å². The highest BCUT2D eigenvalue weighted by atomic mass is 16.6. The number of hydrogen-bond acceptors (Lipinski definition) is 9. The summed E-state index contributed by atoms with van der Waals surface area (Å²) in [6.07, 6.45) is 8.28. The highest BCUT2D eigenvalue weighted by molar-refractivity contribution is 6.00. The van der Waals surface area contributed by atoms with Crippen LogP contribution in [0, 0.1) is 10.1 Å². The Bertz CT molecular complexity index is 1580. The van der Waals surface area contributed by atoms with Crippen molar-refractivity contribution in [1.29, 1.82) is 0 Å². The van der Waals surface area contributed by atoms with E-state index in [9.17, 15) is 19.7 Å². The van der Waals surface area contributed by atoms with Crippen molar-refractivity contribution >= 4 is 23.7 Å². The van der Waals surface area contributed by atoms with E-state index in [1.54, 1.807) is 33.0 Å². The Morgan fingerprint density at radius 3 is 2.34 bits per heavy atom. The van der Waals surface area contributed by atoms with Crippen molar-refractivity contribution in [2.24, 2.45) is 0 Å². The first kappa shape index (κ1) is 31.8. The van der Waals surface area contributed by atoms with E-state index in [-0.39, 0.29) is 36.7 Å². The molecule has 2 aromatic carbocycles.